The van der Waals surface area contributed by atoms with Gasteiger partial charge in [-0.1, -0.05) is 32.8 Å². The first-order valence-electron chi connectivity index (χ1n) is 10.8. The van der Waals surface area contributed by atoms with Gasteiger partial charge in [-0.05, 0) is 56.5 Å². The number of anilines is 1. The molecular weight excluding hydrogens is 352 g/mol. The van der Waals surface area contributed by atoms with Gasteiger partial charge in [0.15, 0.2) is 0 Å². The van der Waals surface area contributed by atoms with Crippen molar-refractivity contribution in [1.29, 1.82) is 0 Å². The van der Waals surface area contributed by atoms with Crippen molar-refractivity contribution in [3.05, 3.63) is 29.8 Å². The van der Waals surface area contributed by atoms with E-state index in [1.165, 1.54) is 25.7 Å². The predicted molar refractivity (Wildman–Crippen MR) is 112 cm³/mol. The normalized spacial score (nSPS) is 24.0. The molecule has 28 heavy (non-hydrogen) atoms. The van der Waals surface area contributed by atoms with Gasteiger partial charge in [0.2, 0.25) is 5.91 Å². The molecule has 3 atom stereocenters. The van der Waals surface area contributed by atoms with Gasteiger partial charge in [0.1, 0.15) is 0 Å². The van der Waals surface area contributed by atoms with Gasteiger partial charge in [0.25, 0.3) is 5.91 Å². The van der Waals surface area contributed by atoms with Crippen LogP contribution in [0.15, 0.2) is 24.3 Å². The van der Waals surface area contributed by atoms with Crippen LogP contribution in [0.4, 0.5) is 5.69 Å². The molecular formula is C22H34N4O2. The molecule has 2 fully saturated rings. The molecule has 1 aliphatic heterocycles. The van der Waals surface area contributed by atoms with Gasteiger partial charge in [-0.15, -0.1) is 0 Å². The Bertz CT molecular complexity index is 660. The molecule has 6 heteroatoms. The summed E-state index contributed by atoms with van der Waals surface area (Å²) in [6.07, 6.45) is 5.86. The van der Waals surface area contributed by atoms with Crippen molar-refractivity contribution >= 4 is 17.5 Å². The van der Waals surface area contributed by atoms with E-state index in [4.69, 9.17) is 0 Å². The third-order valence-corrected chi connectivity index (χ3v) is 6.18. The predicted octanol–water partition coefficient (Wildman–Crippen LogP) is 2.62. The quantitative estimate of drug-likeness (QED) is 0.642. The van der Waals surface area contributed by atoms with Crippen LogP contribution in [0.2, 0.25) is 0 Å². The number of carbonyl (C=O) groups is 2. The Kier molecular flexibility index (Phi) is 7.45. The van der Waals surface area contributed by atoms with Crippen molar-refractivity contribution < 1.29 is 9.59 Å². The molecule has 0 spiro atoms. The average Bonchev–Trinajstić information content (AvgIpc) is 3.16. The highest BCUT2D eigenvalue weighted by Crippen LogP contribution is 2.33. The van der Waals surface area contributed by atoms with E-state index in [1.807, 2.05) is 12.1 Å². The summed E-state index contributed by atoms with van der Waals surface area (Å²) in [5, 5.41) is 9.46. The fourth-order valence-electron chi connectivity index (χ4n) is 4.46. The second kappa shape index (κ2) is 10.0. The van der Waals surface area contributed by atoms with Crippen molar-refractivity contribution in [3.63, 3.8) is 0 Å². The Labute approximate surface area is 168 Å². The minimum absolute atomic E-state index is 0.00786. The van der Waals surface area contributed by atoms with Gasteiger partial charge in [-0.2, -0.15) is 0 Å². The van der Waals surface area contributed by atoms with E-state index in [9.17, 15) is 9.59 Å². The summed E-state index contributed by atoms with van der Waals surface area (Å²) in [6, 6.07) is 7.56. The van der Waals surface area contributed by atoms with Crippen LogP contribution in [-0.4, -0.2) is 55.0 Å². The number of hydrogen-bond acceptors (Lipinski definition) is 4. The third-order valence-electron chi connectivity index (χ3n) is 6.18. The van der Waals surface area contributed by atoms with Crippen molar-refractivity contribution in [3.8, 4) is 0 Å². The zero-order valence-electron chi connectivity index (χ0n) is 17.2. The van der Waals surface area contributed by atoms with Gasteiger partial charge >= 0.3 is 0 Å². The largest absolute Gasteiger partial charge is 0.351 e. The molecule has 6 nitrogen and oxygen atoms in total. The first-order valence-corrected chi connectivity index (χ1v) is 10.8. The van der Waals surface area contributed by atoms with Crippen LogP contribution in [0, 0.1) is 5.92 Å². The van der Waals surface area contributed by atoms with Crippen LogP contribution in [0.5, 0.6) is 0 Å². The van der Waals surface area contributed by atoms with Gasteiger partial charge in [-0.25, -0.2) is 0 Å². The second-order valence-electron chi connectivity index (χ2n) is 7.96. The highest BCUT2D eigenvalue weighted by molar-refractivity contribution is 5.98. The fourth-order valence-corrected chi connectivity index (χ4v) is 4.46. The monoisotopic (exact) mass is 386 g/mol. The van der Waals surface area contributed by atoms with Crippen LogP contribution in [-0.2, 0) is 4.79 Å². The van der Waals surface area contributed by atoms with E-state index in [0.717, 1.165) is 26.1 Å². The van der Waals surface area contributed by atoms with E-state index in [-0.39, 0.29) is 17.9 Å². The molecule has 3 unspecified atom stereocenters. The van der Waals surface area contributed by atoms with Crippen molar-refractivity contribution in [2.24, 2.45) is 5.92 Å². The van der Waals surface area contributed by atoms with Crippen molar-refractivity contribution in [2.45, 2.75) is 58.0 Å². The van der Waals surface area contributed by atoms with E-state index >= 15 is 0 Å². The lowest BCUT2D eigenvalue weighted by atomic mass is 9.85. The number of benzene rings is 1. The number of fused-ring (bicyclic) bond motifs is 1. The van der Waals surface area contributed by atoms with Crippen LogP contribution in [0.25, 0.3) is 0 Å². The molecule has 3 rings (SSSR count). The number of likely N-dealkylation sites (N-methyl/N-ethyl adjacent to an activating group) is 1. The molecule has 1 aliphatic carbocycles. The summed E-state index contributed by atoms with van der Waals surface area (Å²) in [5.74, 6) is 0.536. The number of nitrogens with one attached hydrogen (secondary N) is 3. The zero-order chi connectivity index (χ0) is 19.9. The highest BCUT2D eigenvalue weighted by Gasteiger charge is 2.38. The lowest BCUT2D eigenvalue weighted by Gasteiger charge is -2.24. The van der Waals surface area contributed by atoms with E-state index in [1.54, 1.807) is 12.1 Å². The number of hydrogen-bond donors (Lipinski definition) is 3. The Morgan fingerprint density at radius 1 is 1.18 bits per heavy atom. The van der Waals surface area contributed by atoms with Gasteiger partial charge < -0.3 is 20.9 Å². The summed E-state index contributed by atoms with van der Waals surface area (Å²) in [4.78, 5) is 27.4. The zero-order valence-corrected chi connectivity index (χ0v) is 17.2. The number of carbonyl (C=O) groups excluding carboxylic acids is 2. The Balaban J connectivity index is 1.51. The minimum Gasteiger partial charge on any atom is -0.351 e. The molecule has 0 bridgehead atoms. The Morgan fingerprint density at radius 2 is 1.96 bits per heavy atom. The maximum Gasteiger partial charge on any atom is 0.251 e. The molecule has 2 amide bonds. The molecule has 1 heterocycles. The minimum atomic E-state index is -0.125. The molecule has 0 radical (unpaired) electrons. The van der Waals surface area contributed by atoms with Crippen LogP contribution in [0.3, 0.4) is 0 Å². The molecule has 154 valence electrons. The Morgan fingerprint density at radius 3 is 2.71 bits per heavy atom. The lowest BCUT2D eigenvalue weighted by Crippen LogP contribution is -2.39. The summed E-state index contributed by atoms with van der Waals surface area (Å²) < 4.78 is 0. The van der Waals surface area contributed by atoms with Gasteiger partial charge in [-0.3, -0.25) is 9.59 Å². The molecule has 1 saturated carbocycles. The van der Waals surface area contributed by atoms with E-state index in [0.29, 0.717) is 29.8 Å². The summed E-state index contributed by atoms with van der Waals surface area (Å²) in [7, 11) is 0. The van der Waals surface area contributed by atoms with Crippen LogP contribution in [0.1, 0.15) is 56.3 Å². The van der Waals surface area contributed by atoms with E-state index < -0.39 is 0 Å². The summed E-state index contributed by atoms with van der Waals surface area (Å²) in [5.41, 5.74) is 1.25. The number of nitrogens with zero attached hydrogens (tertiary/aromatic N) is 1. The fraction of sp³-hybridized carbons (Fsp3) is 0.636. The van der Waals surface area contributed by atoms with E-state index in [2.05, 4.69) is 34.7 Å². The smallest absolute Gasteiger partial charge is 0.251 e. The highest BCUT2D eigenvalue weighted by atomic mass is 16.2. The van der Waals surface area contributed by atoms with Gasteiger partial charge in [0.05, 0.1) is 6.04 Å². The molecule has 2 aliphatic rings. The number of amides is 2. The SMILES string of the molecule is CCN(CC)CCNC(=O)c1cccc(NC(=O)C2CC3CCCCC3N2)c1. The Hall–Kier alpha value is -1.92. The summed E-state index contributed by atoms with van der Waals surface area (Å²) in [6.45, 7) is 7.64. The maximum absolute atomic E-state index is 12.7. The molecule has 1 saturated heterocycles. The average molecular weight is 387 g/mol. The molecule has 0 aromatic heterocycles. The standard InChI is InChI=1S/C22H34N4O2/c1-3-26(4-2)13-12-23-21(27)17-9-7-10-18(14-17)24-22(28)20-15-16-8-5-6-11-19(16)25-20/h7,9-10,14,16,19-20,25H,3-6,8,11-13,15H2,1-2H3,(H,23,27)(H,24,28). The first kappa shape index (κ1) is 20.8. The third kappa shape index (κ3) is 5.32. The number of rotatable bonds is 8. The molecule has 3 N–H and O–H groups in total. The first-order chi connectivity index (χ1) is 13.6. The molecule has 1 aromatic carbocycles. The van der Waals surface area contributed by atoms with Crippen molar-refractivity contribution in [2.75, 3.05) is 31.5 Å². The summed E-state index contributed by atoms with van der Waals surface area (Å²) >= 11 is 0. The molecule has 1 aromatic rings. The van der Waals surface area contributed by atoms with Crippen LogP contribution >= 0.6 is 0 Å². The lowest BCUT2D eigenvalue weighted by molar-refractivity contribution is -0.117. The topological polar surface area (TPSA) is 73.5 Å². The van der Waals surface area contributed by atoms with Crippen molar-refractivity contribution in [1.82, 2.24) is 15.5 Å². The van der Waals surface area contributed by atoms with Gasteiger partial charge in [0, 0.05) is 30.4 Å². The maximum atomic E-state index is 12.7. The second-order valence-corrected chi connectivity index (χ2v) is 7.96. The van der Waals surface area contributed by atoms with Crippen LogP contribution < -0.4 is 16.0 Å².